The summed E-state index contributed by atoms with van der Waals surface area (Å²) in [6.07, 6.45) is 5.85. The first kappa shape index (κ1) is 14.1. The summed E-state index contributed by atoms with van der Waals surface area (Å²) >= 11 is 0. The Hall–Kier alpha value is -2.30. The molecule has 0 spiro atoms. The zero-order chi connectivity index (χ0) is 14.4. The third kappa shape index (κ3) is 4.12. The van der Waals surface area contributed by atoms with Gasteiger partial charge in [-0.3, -0.25) is 0 Å². The van der Waals surface area contributed by atoms with Crippen molar-refractivity contribution >= 4 is 23.8 Å². The van der Waals surface area contributed by atoms with E-state index in [4.69, 9.17) is 5.11 Å². The number of carbonyl (C=O) groups is 2. The van der Waals surface area contributed by atoms with Crippen molar-refractivity contribution in [3.8, 4) is 0 Å². The van der Waals surface area contributed by atoms with Crippen LogP contribution in [0.4, 0.5) is 10.5 Å². The van der Waals surface area contributed by atoms with Crippen molar-refractivity contribution in [3.05, 3.63) is 35.9 Å². The van der Waals surface area contributed by atoms with Gasteiger partial charge in [0.05, 0.1) is 0 Å². The molecule has 0 radical (unpaired) electrons. The van der Waals surface area contributed by atoms with Crippen LogP contribution in [0.1, 0.15) is 24.8 Å². The number of nitrogens with zero attached hydrogens (tertiary/aromatic N) is 1. The number of hydrogen-bond donors (Lipinski definition) is 2. The molecule has 0 atom stereocenters. The van der Waals surface area contributed by atoms with E-state index in [1.807, 2.05) is 4.90 Å². The first-order valence-corrected chi connectivity index (χ1v) is 6.72. The molecule has 2 N–H and O–H groups in total. The molecule has 0 bridgehead atoms. The lowest BCUT2D eigenvalue weighted by Crippen LogP contribution is -2.38. The molecule has 5 heteroatoms. The molecule has 2 rings (SSSR count). The van der Waals surface area contributed by atoms with Gasteiger partial charge in [0.15, 0.2) is 0 Å². The fourth-order valence-electron chi connectivity index (χ4n) is 2.19. The average molecular weight is 274 g/mol. The largest absolute Gasteiger partial charge is 0.478 e. The number of likely N-dealkylation sites (tertiary alicyclic amines) is 1. The molecule has 5 nitrogen and oxygen atoms in total. The lowest BCUT2D eigenvalue weighted by molar-refractivity contribution is -0.131. The maximum Gasteiger partial charge on any atom is 0.328 e. The van der Waals surface area contributed by atoms with E-state index >= 15 is 0 Å². The van der Waals surface area contributed by atoms with Crippen LogP contribution >= 0.6 is 0 Å². The normalized spacial score (nSPS) is 15.3. The fraction of sp³-hybridized carbons (Fsp3) is 0.333. The van der Waals surface area contributed by atoms with Gasteiger partial charge in [-0.15, -0.1) is 0 Å². The van der Waals surface area contributed by atoms with Gasteiger partial charge in [-0.1, -0.05) is 12.1 Å². The molecule has 1 aromatic carbocycles. The van der Waals surface area contributed by atoms with E-state index in [1.165, 1.54) is 12.5 Å². The minimum absolute atomic E-state index is 0.0935. The molecule has 0 unspecified atom stereocenters. The van der Waals surface area contributed by atoms with Crippen LogP contribution in [-0.4, -0.2) is 35.1 Å². The van der Waals surface area contributed by atoms with E-state index in [9.17, 15) is 9.59 Å². The van der Waals surface area contributed by atoms with Crippen molar-refractivity contribution in [3.63, 3.8) is 0 Å². The van der Waals surface area contributed by atoms with Gasteiger partial charge in [0, 0.05) is 24.9 Å². The maximum atomic E-state index is 12.0. The van der Waals surface area contributed by atoms with Crippen molar-refractivity contribution in [1.29, 1.82) is 0 Å². The van der Waals surface area contributed by atoms with Crippen molar-refractivity contribution in [2.45, 2.75) is 19.3 Å². The predicted octanol–water partition coefficient (Wildman–Crippen LogP) is 2.80. The van der Waals surface area contributed by atoms with E-state index < -0.39 is 5.97 Å². The highest BCUT2D eigenvalue weighted by Gasteiger charge is 2.16. The number of urea groups is 1. The van der Waals surface area contributed by atoms with Gasteiger partial charge in [0.2, 0.25) is 0 Å². The van der Waals surface area contributed by atoms with Crippen molar-refractivity contribution < 1.29 is 14.7 Å². The van der Waals surface area contributed by atoms with Crippen molar-refractivity contribution in [1.82, 2.24) is 4.90 Å². The number of amides is 2. The number of carboxylic acids is 1. The van der Waals surface area contributed by atoms with Crippen molar-refractivity contribution in [2.24, 2.45) is 0 Å². The van der Waals surface area contributed by atoms with Crippen LogP contribution in [0.15, 0.2) is 30.3 Å². The molecule has 1 saturated heterocycles. The summed E-state index contributed by atoms with van der Waals surface area (Å²) in [5.41, 5.74) is 1.41. The second-order valence-corrected chi connectivity index (χ2v) is 4.77. The topological polar surface area (TPSA) is 69.6 Å². The van der Waals surface area contributed by atoms with E-state index in [-0.39, 0.29) is 6.03 Å². The highest BCUT2D eigenvalue weighted by Crippen LogP contribution is 2.15. The van der Waals surface area contributed by atoms with E-state index in [2.05, 4.69) is 5.32 Å². The second kappa shape index (κ2) is 6.75. The molecule has 0 aliphatic carbocycles. The van der Waals surface area contributed by atoms with Crippen LogP contribution < -0.4 is 5.32 Å². The van der Waals surface area contributed by atoms with Crippen LogP contribution in [0.5, 0.6) is 0 Å². The molecule has 1 aliphatic rings. The zero-order valence-electron chi connectivity index (χ0n) is 11.2. The highest BCUT2D eigenvalue weighted by molar-refractivity contribution is 5.90. The third-order valence-corrected chi connectivity index (χ3v) is 3.20. The highest BCUT2D eigenvalue weighted by atomic mass is 16.4. The lowest BCUT2D eigenvalue weighted by Gasteiger charge is -2.26. The van der Waals surface area contributed by atoms with Gasteiger partial charge < -0.3 is 15.3 Å². The number of anilines is 1. The maximum absolute atomic E-state index is 12.0. The Kier molecular flexibility index (Phi) is 4.76. The number of rotatable bonds is 3. The molecule has 0 aromatic heterocycles. The molecule has 1 heterocycles. The number of nitrogens with one attached hydrogen (secondary N) is 1. The summed E-state index contributed by atoms with van der Waals surface area (Å²) in [6, 6.07) is 7.02. The molecule has 1 fully saturated rings. The number of hydrogen-bond acceptors (Lipinski definition) is 2. The lowest BCUT2D eigenvalue weighted by atomic mass is 10.1. The van der Waals surface area contributed by atoms with E-state index in [1.54, 1.807) is 24.3 Å². The Morgan fingerprint density at radius 1 is 1.20 bits per heavy atom. The van der Waals surface area contributed by atoms with Crippen LogP contribution in [0.25, 0.3) is 6.08 Å². The summed E-state index contributed by atoms with van der Waals surface area (Å²) in [4.78, 5) is 24.3. The molecular weight excluding hydrogens is 256 g/mol. The predicted molar refractivity (Wildman–Crippen MR) is 77.6 cm³/mol. The van der Waals surface area contributed by atoms with Gasteiger partial charge in [-0.05, 0) is 43.0 Å². The Bertz CT molecular complexity index is 520. The molecule has 20 heavy (non-hydrogen) atoms. The minimum atomic E-state index is -0.993. The van der Waals surface area contributed by atoms with Crippen LogP contribution in [0.3, 0.4) is 0 Å². The number of aliphatic carboxylic acids is 1. The molecule has 0 saturated carbocycles. The summed E-state index contributed by atoms with van der Waals surface area (Å²) < 4.78 is 0. The van der Waals surface area contributed by atoms with Crippen molar-refractivity contribution in [2.75, 3.05) is 18.4 Å². The fourth-order valence-corrected chi connectivity index (χ4v) is 2.19. The molecule has 1 aromatic rings. The summed E-state index contributed by atoms with van der Waals surface area (Å²) in [7, 11) is 0. The van der Waals surface area contributed by atoms with Crippen LogP contribution in [0.2, 0.25) is 0 Å². The first-order chi connectivity index (χ1) is 9.65. The van der Waals surface area contributed by atoms with Crippen LogP contribution in [0, 0.1) is 0 Å². The monoisotopic (exact) mass is 274 g/mol. The van der Waals surface area contributed by atoms with Crippen LogP contribution in [-0.2, 0) is 4.79 Å². The van der Waals surface area contributed by atoms with Gasteiger partial charge >= 0.3 is 12.0 Å². The Labute approximate surface area is 117 Å². The molecule has 106 valence electrons. The quantitative estimate of drug-likeness (QED) is 0.833. The Morgan fingerprint density at radius 3 is 2.65 bits per heavy atom. The second-order valence-electron chi connectivity index (χ2n) is 4.77. The van der Waals surface area contributed by atoms with E-state index in [0.717, 1.165) is 37.6 Å². The van der Waals surface area contributed by atoms with Gasteiger partial charge in [-0.2, -0.15) is 0 Å². The minimum Gasteiger partial charge on any atom is -0.478 e. The third-order valence-electron chi connectivity index (χ3n) is 3.20. The Balaban J connectivity index is 2.00. The molecular formula is C15H18N2O3. The smallest absolute Gasteiger partial charge is 0.328 e. The summed E-state index contributed by atoms with van der Waals surface area (Å²) in [5, 5.41) is 11.4. The SMILES string of the molecule is O=C(O)C=Cc1cccc(NC(=O)N2CCCCC2)c1. The first-order valence-electron chi connectivity index (χ1n) is 6.72. The van der Waals surface area contributed by atoms with E-state index in [0.29, 0.717) is 5.69 Å². The van der Waals surface area contributed by atoms with Gasteiger partial charge in [0.25, 0.3) is 0 Å². The molecule has 2 amide bonds. The number of carbonyl (C=O) groups excluding carboxylic acids is 1. The van der Waals surface area contributed by atoms with Gasteiger partial charge in [0.1, 0.15) is 0 Å². The number of piperidine rings is 1. The standard InChI is InChI=1S/C15H18N2O3/c18-14(19)8-7-12-5-4-6-13(11-12)16-15(20)17-9-2-1-3-10-17/h4-8,11H,1-3,9-10H2,(H,16,20)(H,18,19). The number of carboxylic acid groups (broad SMARTS) is 1. The average Bonchev–Trinajstić information content (AvgIpc) is 2.46. The molecule has 1 aliphatic heterocycles. The van der Waals surface area contributed by atoms with Gasteiger partial charge in [-0.25, -0.2) is 9.59 Å². The number of benzene rings is 1. The summed E-state index contributed by atoms with van der Waals surface area (Å²) in [5.74, 6) is -0.993. The Morgan fingerprint density at radius 2 is 1.95 bits per heavy atom. The summed E-state index contributed by atoms with van der Waals surface area (Å²) in [6.45, 7) is 1.59. The zero-order valence-corrected chi connectivity index (χ0v) is 11.2.